The SMILES string of the molecule is CS(=O)(=O)c1ccc2nc(NC(=O)C3CCCN(c4cc(-n5cncn5)ncn4)C3)sc2c1. The molecule has 0 bridgehead atoms. The predicted octanol–water partition coefficient (Wildman–Crippen LogP) is 1.93. The quantitative estimate of drug-likeness (QED) is 0.450. The standard InChI is InChI=1S/C20H20N8O3S2/c1-33(30,31)14-4-5-15-16(7-14)32-20(25-15)26-19(29)13-3-2-6-27(9-13)17-8-18(23-11-22-17)28-12-21-10-24-28/h4-5,7-8,10-13H,2-3,6,9H2,1H3,(H,25,26,29). The van der Waals surface area contributed by atoms with E-state index in [2.05, 4.69) is 35.3 Å². The third-order valence-corrected chi connectivity index (χ3v) is 7.47. The number of hydrogen-bond donors (Lipinski definition) is 1. The maximum atomic E-state index is 13.0. The van der Waals surface area contributed by atoms with Crippen LogP contribution in [0, 0.1) is 5.92 Å². The van der Waals surface area contributed by atoms with E-state index in [0.29, 0.717) is 27.7 Å². The van der Waals surface area contributed by atoms with Crippen molar-refractivity contribution >= 4 is 48.2 Å². The number of nitrogens with zero attached hydrogens (tertiary/aromatic N) is 7. The van der Waals surface area contributed by atoms with E-state index in [0.717, 1.165) is 25.2 Å². The van der Waals surface area contributed by atoms with Gasteiger partial charge in [0.05, 0.1) is 21.0 Å². The van der Waals surface area contributed by atoms with E-state index in [9.17, 15) is 13.2 Å². The van der Waals surface area contributed by atoms with Crippen molar-refractivity contribution in [1.29, 1.82) is 0 Å². The topological polar surface area (TPSA) is 136 Å². The van der Waals surface area contributed by atoms with E-state index in [1.54, 1.807) is 23.1 Å². The molecule has 33 heavy (non-hydrogen) atoms. The highest BCUT2D eigenvalue weighted by Crippen LogP contribution is 2.29. The number of rotatable bonds is 5. The van der Waals surface area contributed by atoms with Crippen molar-refractivity contribution < 1.29 is 13.2 Å². The van der Waals surface area contributed by atoms with Gasteiger partial charge in [0.25, 0.3) is 0 Å². The monoisotopic (exact) mass is 484 g/mol. The lowest BCUT2D eigenvalue weighted by Gasteiger charge is -2.32. The zero-order valence-corrected chi connectivity index (χ0v) is 19.3. The van der Waals surface area contributed by atoms with Crippen molar-refractivity contribution in [1.82, 2.24) is 29.7 Å². The Morgan fingerprint density at radius 3 is 2.82 bits per heavy atom. The van der Waals surface area contributed by atoms with Gasteiger partial charge in [0, 0.05) is 25.4 Å². The van der Waals surface area contributed by atoms with Crippen LogP contribution in [-0.2, 0) is 14.6 Å². The number of fused-ring (bicyclic) bond motifs is 1. The molecule has 1 amide bonds. The number of aromatic nitrogens is 6. The first-order valence-corrected chi connectivity index (χ1v) is 12.9. The molecular weight excluding hydrogens is 464 g/mol. The third-order valence-electron chi connectivity index (χ3n) is 5.43. The number of anilines is 2. The molecule has 1 fully saturated rings. The summed E-state index contributed by atoms with van der Waals surface area (Å²) in [7, 11) is -3.31. The molecule has 4 heterocycles. The first-order chi connectivity index (χ1) is 15.9. The van der Waals surface area contributed by atoms with Crippen LogP contribution in [0.1, 0.15) is 12.8 Å². The predicted molar refractivity (Wildman–Crippen MR) is 123 cm³/mol. The molecule has 1 aromatic carbocycles. The largest absolute Gasteiger partial charge is 0.356 e. The fourth-order valence-electron chi connectivity index (χ4n) is 3.76. The molecule has 4 aromatic rings. The van der Waals surface area contributed by atoms with Gasteiger partial charge in [-0.05, 0) is 31.0 Å². The van der Waals surface area contributed by atoms with Crippen LogP contribution in [-0.4, -0.2) is 63.4 Å². The summed E-state index contributed by atoms with van der Waals surface area (Å²) in [6.45, 7) is 1.30. The van der Waals surface area contributed by atoms with Crippen molar-refractivity contribution in [2.24, 2.45) is 5.92 Å². The first-order valence-electron chi connectivity index (χ1n) is 10.2. The van der Waals surface area contributed by atoms with Gasteiger partial charge >= 0.3 is 0 Å². The Morgan fingerprint density at radius 2 is 2.03 bits per heavy atom. The molecule has 1 unspecified atom stereocenters. The minimum atomic E-state index is -3.31. The lowest BCUT2D eigenvalue weighted by atomic mass is 9.97. The number of benzene rings is 1. The molecule has 170 valence electrons. The van der Waals surface area contributed by atoms with E-state index in [1.165, 1.54) is 36.3 Å². The van der Waals surface area contributed by atoms with Crippen molar-refractivity contribution in [2.45, 2.75) is 17.7 Å². The van der Waals surface area contributed by atoms with E-state index < -0.39 is 9.84 Å². The number of carbonyl (C=O) groups excluding carboxylic acids is 1. The summed E-state index contributed by atoms with van der Waals surface area (Å²) in [5.41, 5.74) is 0.648. The summed E-state index contributed by atoms with van der Waals surface area (Å²) in [5, 5.41) is 7.45. The third kappa shape index (κ3) is 4.54. The molecule has 11 nitrogen and oxygen atoms in total. The highest BCUT2D eigenvalue weighted by atomic mass is 32.2. The van der Waals surface area contributed by atoms with Crippen molar-refractivity contribution in [3.8, 4) is 5.82 Å². The fourth-order valence-corrected chi connectivity index (χ4v) is 5.39. The average molecular weight is 485 g/mol. The summed E-state index contributed by atoms with van der Waals surface area (Å²) >= 11 is 1.26. The second kappa shape index (κ2) is 8.48. The minimum Gasteiger partial charge on any atom is -0.356 e. The second-order valence-corrected chi connectivity index (χ2v) is 10.8. The van der Waals surface area contributed by atoms with E-state index >= 15 is 0 Å². The van der Waals surface area contributed by atoms with Gasteiger partial charge in [-0.25, -0.2) is 33.0 Å². The van der Waals surface area contributed by atoms with E-state index in [-0.39, 0.29) is 16.7 Å². The number of piperidine rings is 1. The fraction of sp³-hybridized carbons (Fsp3) is 0.300. The van der Waals surface area contributed by atoms with Crippen LogP contribution in [0.4, 0.5) is 10.9 Å². The minimum absolute atomic E-state index is 0.118. The number of carbonyl (C=O) groups is 1. The van der Waals surface area contributed by atoms with Gasteiger partial charge in [0.2, 0.25) is 5.91 Å². The van der Waals surface area contributed by atoms with Crippen LogP contribution < -0.4 is 10.2 Å². The summed E-state index contributed by atoms with van der Waals surface area (Å²) < 4.78 is 25.9. The number of hydrogen-bond acceptors (Lipinski definition) is 10. The lowest BCUT2D eigenvalue weighted by molar-refractivity contribution is -0.120. The first kappa shape index (κ1) is 21.4. The van der Waals surface area contributed by atoms with Crippen molar-refractivity contribution in [3.63, 3.8) is 0 Å². The maximum absolute atomic E-state index is 13.0. The van der Waals surface area contributed by atoms with Crippen LogP contribution in [0.2, 0.25) is 0 Å². The molecule has 0 aliphatic carbocycles. The summed E-state index contributed by atoms with van der Waals surface area (Å²) in [4.78, 5) is 32.2. The molecule has 1 atom stereocenters. The molecule has 0 spiro atoms. The molecule has 5 rings (SSSR count). The Labute approximate surface area is 193 Å². The molecule has 13 heteroatoms. The molecule has 1 saturated heterocycles. The van der Waals surface area contributed by atoms with Crippen LogP contribution >= 0.6 is 11.3 Å². The number of nitrogens with one attached hydrogen (secondary N) is 1. The second-order valence-electron chi connectivity index (χ2n) is 7.77. The van der Waals surface area contributed by atoms with Gasteiger partial charge in [0.15, 0.2) is 20.8 Å². The van der Waals surface area contributed by atoms with Gasteiger partial charge in [-0.3, -0.25) is 4.79 Å². The summed E-state index contributed by atoms with van der Waals surface area (Å²) in [6, 6.07) is 6.59. The molecule has 1 aliphatic rings. The Hall–Kier alpha value is -3.45. The molecule has 1 aliphatic heterocycles. The van der Waals surface area contributed by atoms with Gasteiger partial charge in [-0.15, -0.1) is 0 Å². The summed E-state index contributed by atoms with van der Waals surface area (Å²) in [6.07, 6.45) is 7.24. The lowest BCUT2D eigenvalue weighted by Crippen LogP contribution is -2.41. The number of thiazole rings is 1. The van der Waals surface area contributed by atoms with Crippen LogP contribution in [0.25, 0.3) is 16.0 Å². The number of amides is 1. The van der Waals surface area contributed by atoms with Crippen LogP contribution in [0.5, 0.6) is 0 Å². The van der Waals surface area contributed by atoms with Crippen LogP contribution in [0.15, 0.2) is 48.1 Å². The van der Waals surface area contributed by atoms with Gasteiger partial charge in [-0.2, -0.15) is 5.10 Å². The maximum Gasteiger partial charge on any atom is 0.231 e. The Morgan fingerprint density at radius 1 is 1.18 bits per heavy atom. The smallest absolute Gasteiger partial charge is 0.231 e. The normalized spacial score (nSPS) is 16.8. The molecule has 1 N–H and O–H groups in total. The Kier molecular flexibility index (Phi) is 5.50. The van der Waals surface area contributed by atoms with E-state index in [1.807, 2.05) is 6.07 Å². The summed E-state index contributed by atoms with van der Waals surface area (Å²) in [5.74, 6) is 0.975. The van der Waals surface area contributed by atoms with Gasteiger partial charge in [-0.1, -0.05) is 11.3 Å². The van der Waals surface area contributed by atoms with Gasteiger partial charge in [0.1, 0.15) is 24.8 Å². The van der Waals surface area contributed by atoms with Crippen LogP contribution in [0.3, 0.4) is 0 Å². The number of sulfone groups is 1. The van der Waals surface area contributed by atoms with Gasteiger partial charge < -0.3 is 10.2 Å². The highest BCUT2D eigenvalue weighted by molar-refractivity contribution is 7.90. The van der Waals surface area contributed by atoms with Crippen molar-refractivity contribution in [3.05, 3.63) is 43.2 Å². The molecule has 0 saturated carbocycles. The van der Waals surface area contributed by atoms with E-state index in [4.69, 9.17) is 0 Å². The average Bonchev–Trinajstić information content (AvgIpc) is 3.48. The van der Waals surface area contributed by atoms with Crippen molar-refractivity contribution in [2.75, 3.05) is 29.6 Å². The Balaban J connectivity index is 1.30. The molecule has 0 radical (unpaired) electrons. The zero-order valence-electron chi connectivity index (χ0n) is 17.6. The Bertz CT molecular complexity index is 1420. The molecule has 3 aromatic heterocycles. The zero-order chi connectivity index (χ0) is 23.0. The highest BCUT2D eigenvalue weighted by Gasteiger charge is 2.27. The molecular formula is C20H20N8O3S2.